The monoisotopic (exact) mass is 309 g/mol. The molecule has 0 aliphatic heterocycles. The second kappa shape index (κ2) is 9.32. The highest BCUT2D eigenvalue weighted by Crippen LogP contribution is 2.47. The number of amides is 1. The lowest BCUT2D eigenvalue weighted by Crippen LogP contribution is -2.51. The van der Waals surface area contributed by atoms with Gasteiger partial charge in [-0.15, -0.1) is 0 Å². The van der Waals surface area contributed by atoms with Gasteiger partial charge in [0.15, 0.2) is 0 Å². The lowest BCUT2D eigenvalue weighted by Gasteiger charge is -2.44. The van der Waals surface area contributed by atoms with Gasteiger partial charge in [0.05, 0.1) is 5.41 Å². The van der Waals surface area contributed by atoms with E-state index in [4.69, 9.17) is 0 Å². The fourth-order valence-corrected chi connectivity index (χ4v) is 3.96. The average Bonchev–Trinajstić information content (AvgIpc) is 2.52. The molecule has 0 aromatic carbocycles. The smallest absolute Gasteiger partial charge is 0.227 e. The van der Waals surface area contributed by atoms with E-state index >= 15 is 0 Å². The Morgan fingerprint density at radius 3 is 2.27 bits per heavy atom. The summed E-state index contributed by atoms with van der Waals surface area (Å²) >= 11 is 0. The van der Waals surface area contributed by atoms with E-state index in [0.29, 0.717) is 18.8 Å². The van der Waals surface area contributed by atoms with E-state index in [0.717, 1.165) is 32.2 Å². The van der Waals surface area contributed by atoms with Crippen LogP contribution in [-0.2, 0) is 9.59 Å². The van der Waals surface area contributed by atoms with Crippen molar-refractivity contribution in [3.63, 3.8) is 0 Å². The van der Waals surface area contributed by atoms with E-state index in [-0.39, 0.29) is 17.6 Å². The molecule has 1 saturated carbocycles. The Hall–Kier alpha value is -0.860. The molecule has 0 radical (unpaired) electrons. The molecule has 1 amide bonds. The van der Waals surface area contributed by atoms with E-state index < -0.39 is 5.41 Å². The minimum Gasteiger partial charge on any atom is -0.356 e. The number of carbonyl (C=O) groups is 2. The Labute approximate surface area is 136 Å². The summed E-state index contributed by atoms with van der Waals surface area (Å²) in [6, 6.07) is 0. The molecule has 0 aromatic rings. The van der Waals surface area contributed by atoms with Gasteiger partial charge in [0.1, 0.15) is 5.78 Å². The molecule has 0 unspecified atom stereocenters. The number of ketones is 1. The van der Waals surface area contributed by atoms with Gasteiger partial charge in [-0.25, -0.2) is 0 Å². The van der Waals surface area contributed by atoms with Gasteiger partial charge in [0.2, 0.25) is 5.91 Å². The summed E-state index contributed by atoms with van der Waals surface area (Å²) < 4.78 is 0. The first-order chi connectivity index (χ1) is 10.5. The van der Waals surface area contributed by atoms with Gasteiger partial charge >= 0.3 is 0 Å². The van der Waals surface area contributed by atoms with Crippen molar-refractivity contribution in [1.82, 2.24) is 5.32 Å². The zero-order chi connectivity index (χ0) is 16.6. The second-order valence-corrected chi connectivity index (χ2v) is 7.21. The van der Waals surface area contributed by atoms with Crippen LogP contribution in [0.25, 0.3) is 0 Å². The predicted molar refractivity (Wildman–Crippen MR) is 91.7 cm³/mol. The molecule has 1 N–H and O–H groups in total. The van der Waals surface area contributed by atoms with Gasteiger partial charge in [-0.05, 0) is 31.1 Å². The first kappa shape index (κ1) is 19.2. The molecule has 1 atom stereocenters. The summed E-state index contributed by atoms with van der Waals surface area (Å²) in [4.78, 5) is 25.3. The van der Waals surface area contributed by atoms with Crippen molar-refractivity contribution < 1.29 is 9.59 Å². The molecule has 0 heterocycles. The van der Waals surface area contributed by atoms with Crippen LogP contribution in [0.5, 0.6) is 0 Å². The third-order valence-corrected chi connectivity index (χ3v) is 5.49. The van der Waals surface area contributed by atoms with Crippen molar-refractivity contribution in [1.29, 1.82) is 0 Å². The molecular weight excluding hydrogens is 274 g/mol. The minimum atomic E-state index is -0.499. The lowest BCUT2D eigenvalue weighted by molar-refractivity contribution is -0.144. The van der Waals surface area contributed by atoms with Crippen LogP contribution < -0.4 is 5.32 Å². The maximum atomic E-state index is 13.1. The van der Waals surface area contributed by atoms with E-state index in [1.54, 1.807) is 0 Å². The fraction of sp³-hybridized carbons (Fsp3) is 0.895. The summed E-state index contributed by atoms with van der Waals surface area (Å²) in [7, 11) is 0. The summed E-state index contributed by atoms with van der Waals surface area (Å²) in [6.45, 7) is 9.01. The van der Waals surface area contributed by atoms with E-state index in [1.165, 1.54) is 19.3 Å². The number of nitrogens with one attached hydrogen (secondary N) is 1. The number of carbonyl (C=O) groups excluding carboxylic acids is 2. The molecule has 3 nitrogen and oxygen atoms in total. The summed E-state index contributed by atoms with van der Waals surface area (Å²) in [5.41, 5.74) is -0.499. The van der Waals surface area contributed by atoms with Gasteiger partial charge in [-0.1, -0.05) is 53.4 Å². The first-order valence-corrected chi connectivity index (χ1v) is 9.29. The highest BCUT2D eigenvalue weighted by molar-refractivity contribution is 5.90. The maximum absolute atomic E-state index is 13.1. The van der Waals surface area contributed by atoms with Gasteiger partial charge in [0.25, 0.3) is 0 Å². The Morgan fingerprint density at radius 2 is 1.77 bits per heavy atom. The number of unbranched alkanes of at least 4 members (excludes halogenated alkanes) is 1. The molecular formula is C19H35NO2. The van der Waals surface area contributed by atoms with Gasteiger partial charge < -0.3 is 5.32 Å². The normalized spacial score (nSPS) is 19.0. The summed E-state index contributed by atoms with van der Waals surface area (Å²) in [6.07, 6.45) is 8.88. The SMILES string of the molecule is CCCCNC(=O)[C@@](CC(=O)CC)(C(C)C)C1CCCCC1. The zero-order valence-electron chi connectivity index (χ0n) is 15.0. The van der Waals surface area contributed by atoms with Crippen LogP contribution in [0.3, 0.4) is 0 Å². The molecule has 1 aliphatic carbocycles. The minimum absolute atomic E-state index is 0.129. The Bertz CT molecular complexity index is 358. The maximum Gasteiger partial charge on any atom is 0.227 e. The van der Waals surface area contributed by atoms with Crippen molar-refractivity contribution in [3.8, 4) is 0 Å². The van der Waals surface area contributed by atoms with Crippen LogP contribution in [0, 0.1) is 17.3 Å². The number of hydrogen-bond acceptors (Lipinski definition) is 2. The molecule has 0 bridgehead atoms. The number of rotatable bonds is 9. The standard InChI is InChI=1S/C19H35NO2/c1-5-7-13-20-18(22)19(15(3)4,14-17(21)6-2)16-11-9-8-10-12-16/h15-16H,5-14H2,1-4H3,(H,20,22)/t19-/m0/s1. The molecule has 3 heteroatoms. The third kappa shape index (κ3) is 4.57. The van der Waals surface area contributed by atoms with Crippen LogP contribution >= 0.6 is 0 Å². The van der Waals surface area contributed by atoms with Crippen LogP contribution in [-0.4, -0.2) is 18.2 Å². The topological polar surface area (TPSA) is 46.2 Å². The van der Waals surface area contributed by atoms with Crippen molar-refractivity contribution in [3.05, 3.63) is 0 Å². The fourth-order valence-electron chi connectivity index (χ4n) is 3.96. The van der Waals surface area contributed by atoms with Gasteiger partial charge in [-0.2, -0.15) is 0 Å². The first-order valence-electron chi connectivity index (χ1n) is 9.29. The van der Waals surface area contributed by atoms with E-state index in [1.807, 2.05) is 6.92 Å². The highest BCUT2D eigenvalue weighted by Gasteiger charge is 2.48. The number of hydrogen-bond donors (Lipinski definition) is 1. The van der Waals surface area contributed by atoms with Gasteiger partial charge in [0, 0.05) is 19.4 Å². The zero-order valence-corrected chi connectivity index (χ0v) is 15.0. The quantitative estimate of drug-likeness (QED) is 0.638. The highest BCUT2D eigenvalue weighted by atomic mass is 16.2. The van der Waals surface area contributed by atoms with Crippen molar-refractivity contribution in [2.75, 3.05) is 6.54 Å². The van der Waals surface area contributed by atoms with Gasteiger partial charge in [-0.3, -0.25) is 9.59 Å². The van der Waals surface area contributed by atoms with Crippen molar-refractivity contribution in [2.45, 2.75) is 85.5 Å². The third-order valence-electron chi connectivity index (χ3n) is 5.49. The van der Waals surface area contributed by atoms with E-state index in [9.17, 15) is 9.59 Å². The average molecular weight is 309 g/mol. The predicted octanol–water partition coefficient (Wildman–Crippen LogP) is 4.49. The largest absolute Gasteiger partial charge is 0.356 e. The Kier molecular flexibility index (Phi) is 8.13. The second-order valence-electron chi connectivity index (χ2n) is 7.21. The summed E-state index contributed by atoms with van der Waals surface area (Å²) in [5.74, 6) is 0.917. The van der Waals surface area contributed by atoms with Crippen LogP contribution in [0.2, 0.25) is 0 Å². The molecule has 1 fully saturated rings. The molecule has 0 spiro atoms. The summed E-state index contributed by atoms with van der Waals surface area (Å²) in [5, 5.41) is 3.14. The van der Waals surface area contributed by atoms with Crippen LogP contribution in [0.15, 0.2) is 0 Å². The molecule has 1 rings (SSSR count). The van der Waals surface area contributed by atoms with Crippen molar-refractivity contribution in [2.24, 2.45) is 17.3 Å². The molecule has 0 saturated heterocycles. The Morgan fingerprint density at radius 1 is 1.14 bits per heavy atom. The van der Waals surface area contributed by atoms with Crippen LogP contribution in [0.4, 0.5) is 0 Å². The number of Topliss-reactive ketones (excluding diaryl/α,β-unsaturated/α-hetero) is 1. The lowest BCUT2D eigenvalue weighted by atomic mass is 9.60. The van der Waals surface area contributed by atoms with Crippen molar-refractivity contribution >= 4 is 11.7 Å². The molecule has 22 heavy (non-hydrogen) atoms. The molecule has 0 aromatic heterocycles. The van der Waals surface area contributed by atoms with E-state index in [2.05, 4.69) is 26.1 Å². The Balaban J connectivity index is 3.02. The molecule has 1 aliphatic rings. The molecule has 128 valence electrons. The van der Waals surface area contributed by atoms with Crippen LogP contribution in [0.1, 0.15) is 85.5 Å².